The van der Waals surface area contributed by atoms with Crippen molar-refractivity contribution < 1.29 is 18.7 Å². The highest BCUT2D eigenvalue weighted by Gasteiger charge is 2.16. The van der Waals surface area contributed by atoms with Crippen LogP contribution < -0.4 is 0 Å². The van der Waals surface area contributed by atoms with E-state index < -0.39 is 12.4 Å². The summed E-state index contributed by atoms with van der Waals surface area (Å²) in [5.41, 5.74) is 1.67. The second kappa shape index (κ2) is 7.60. The van der Waals surface area contributed by atoms with E-state index in [1.165, 1.54) is 12.1 Å². The van der Waals surface area contributed by atoms with Gasteiger partial charge in [0.1, 0.15) is 0 Å². The van der Waals surface area contributed by atoms with Crippen LogP contribution in [0.2, 0.25) is 10.0 Å². The first-order chi connectivity index (χ1) is 12.3. The molecule has 3 aromatic rings. The van der Waals surface area contributed by atoms with E-state index in [-0.39, 0.29) is 24.9 Å². The van der Waals surface area contributed by atoms with E-state index in [1.54, 1.807) is 28.9 Å². The summed E-state index contributed by atoms with van der Waals surface area (Å²) in [7, 11) is 0. The van der Waals surface area contributed by atoms with Crippen molar-refractivity contribution >= 4 is 40.1 Å². The molecule has 26 heavy (non-hydrogen) atoms. The van der Waals surface area contributed by atoms with Crippen LogP contribution >= 0.6 is 23.2 Å². The number of carboxylic acids is 1. The van der Waals surface area contributed by atoms with Crippen molar-refractivity contribution in [1.82, 2.24) is 9.78 Å². The van der Waals surface area contributed by atoms with Crippen LogP contribution in [-0.4, -0.2) is 20.9 Å². The van der Waals surface area contributed by atoms with Crippen LogP contribution in [-0.2, 0) is 17.8 Å². The Kier molecular flexibility index (Phi) is 5.44. The highest BCUT2D eigenvalue weighted by Crippen LogP contribution is 2.28. The highest BCUT2D eigenvalue weighted by atomic mass is 35.5. The van der Waals surface area contributed by atoms with E-state index in [0.717, 1.165) is 5.56 Å². The summed E-state index contributed by atoms with van der Waals surface area (Å²) in [5, 5.41) is 14.9. The molecule has 0 amide bonds. The van der Waals surface area contributed by atoms with Crippen LogP contribution in [0.3, 0.4) is 0 Å². The van der Waals surface area contributed by atoms with Gasteiger partial charge in [0.15, 0.2) is 0 Å². The number of halogens is 4. The molecule has 0 saturated carbocycles. The molecule has 0 atom stereocenters. The lowest BCUT2D eigenvalue weighted by molar-refractivity contribution is -0.136. The molecular weight excluding hydrogens is 385 g/mol. The van der Waals surface area contributed by atoms with E-state index in [2.05, 4.69) is 5.10 Å². The number of hydrogen-bond donors (Lipinski definition) is 1. The number of hydrogen-bond acceptors (Lipinski definition) is 2. The molecule has 0 bridgehead atoms. The summed E-state index contributed by atoms with van der Waals surface area (Å²) in [5.74, 6) is -0.947. The number of aromatic nitrogens is 2. The van der Waals surface area contributed by atoms with Crippen molar-refractivity contribution in [3.05, 3.63) is 63.3 Å². The maximum atomic E-state index is 13.1. The number of rotatable bonds is 6. The zero-order valence-corrected chi connectivity index (χ0v) is 14.9. The highest BCUT2D eigenvalue weighted by molar-refractivity contribution is 6.35. The van der Waals surface area contributed by atoms with Gasteiger partial charge in [-0.25, -0.2) is 8.78 Å². The number of carbonyl (C=O) groups is 1. The van der Waals surface area contributed by atoms with Gasteiger partial charge in [-0.05, 0) is 23.8 Å². The minimum atomic E-state index is -2.61. The smallest absolute Gasteiger partial charge is 0.303 e. The largest absolute Gasteiger partial charge is 0.481 e. The quantitative estimate of drug-likeness (QED) is 0.608. The summed E-state index contributed by atoms with van der Waals surface area (Å²) >= 11 is 12.1. The Morgan fingerprint density at radius 2 is 1.96 bits per heavy atom. The van der Waals surface area contributed by atoms with Gasteiger partial charge in [0, 0.05) is 27.4 Å². The maximum absolute atomic E-state index is 13.1. The lowest BCUT2D eigenvalue weighted by atomic mass is 10.1. The van der Waals surface area contributed by atoms with E-state index >= 15 is 0 Å². The molecule has 2 aromatic carbocycles. The lowest BCUT2D eigenvalue weighted by Crippen LogP contribution is -2.04. The lowest BCUT2D eigenvalue weighted by Gasteiger charge is -2.07. The number of aliphatic carboxylic acids is 1. The molecule has 0 radical (unpaired) electrons. The average Bonchev–Trinajstić information content (AvgIpc) is 2.92. The molecule has 0 spiro atoms. The minimum absolute atomic E-state index is 0.0928. The Balaban J connectivity index is 2.06. The number of alkyl halides is 2. The molecule has 0 unspecified atom stereocenters. The summed E-state index contributed by atoms with van der Waals surface area (Å²) in [6, 6.07) is 9.29. The second-order valence-electron chi connectivity index (χ2n) is 5.81. The van der Waals surface area contributed by atoms with Crippen LogP contribution in [0.5, 0.6) is 0 Å². The molecule has 136 valence electrons. The first-order valence-electron chi connectivity index (χ1n) is 7.78. The Bertz CT molecular complexity index is 973. The molecular formula is C18H14Cl2F2N2O2. The molecule has 0 saturated heterocycles. The van der Waals surface area contributed by atoms with Crippen molar-refractivity contribution in [2.75, 3.05) is 0 Å². The maximum Gasteiger partial charge on any atom is 0.303 e. The number of nitrogens with zero attached hydrogens (tertiary/aromatic N) is 2. The second-order valence-corrected chi connectivity index (χ2v) is 6.65. The summed E-state index contributed by atoms with van der Waals surface area (Å²) < 4.78 is 27.7. The van der Waals surface area contributed by atoms with Gasteiger partial charge in [-0.15, -0.1) is 0 Å². The third-order valence-electron chi connectivity index (χ3n) is 4.02. The number of fused-ring (bicyclic) bond motifs is 1. The SMILES string of the molecule is O=C(O)CCc1nn(Cc2ccc(Cl)cc2Cl)c2cc(C(F)F)ccc12. The number of carboxylic acid groups (broad SMARTS) is 1. The van der Waals surface area contributed by atoms with Crippen molar-refractivity contribution in [2.45, 2.75) is 25.8 Å². The summed E-state index contributed by atoms with van der Waals surface area (Å²) in [6.45, 7) is 0.256. The fraction of sp³-hybridized carbons (Fsp3) is 0.222. The van der Waals surface area contributed by atoms with E-state index in [1.807, 2.05) is 0 Å². The third kappa shape index (κ3) is 3.97. The van der Waals surface area contributed by atoms with Crippen molar-refractivity contribution in [3.63, 3.8) is 0 Å². The predicted octanol–water partition coefficient (Wildman–Crippen LogP) is 5.35. The van der Waals surface area contributed by atoms with E-state index in [9.17, 15) is 13.6 Å². The van der Waals surface area contributed by atoms with E-state index in [4.69, 9.17) is 28.3 Å². The molecule has 0 aliphatic rings. The Morgan fingerprint density at radius 3 is 2.62 bits per heavy atom. The molecule has 1 heterocycles. The van der Waals surface area contributed by atoms with Crippen LogP contribution in [0.4, 0.5) is 8.78 Å². The van der Waals surface area contributed by atoms with Gasteiger partial charge in [-0.1, -0.05) is 41.4 Å². The molecule has 0 fully saturated rings. The van der Waals surface area contributed by atoms with Crippen molar-refractivity contribution in [1.29, 1.82) is 0 Å². The molecule has 8 heteroatoms. The van der Waals surface area contributed by atoms with Crippen LogP contribution in [0.1, 0.15) is 29.7 Å². The topological polar surface area (TPSA) is 55.1 Å². The standard InChI is InChI=1S/C18H14Cl2F2N2O2/c19-12-3-1-11(14(20)8-12)9-24-16-7-10(18(21)22)2-4-13(16)15(23-24)5-6-17(25)26/h1-4,7-8,18H,5-6,9H2,(H,25,26). The Labute approximate surface area is 157 Å². The van der Waals surface area contributed by atoms with E-state index in [0.29, 0.717) is 26.6 Å². The van der Waals surface area contributed by atoms with Crippen molar-refractivity contribution in [2.24, 2.45) is 0 Å². The van der Waals surface area contributed by atoms with Crippen molar-refractivity contribution in [3.8, 4) is 0 Å². The fourth-order valence-corrected chi connectivity index (χ4v) is 3.21. The zero-order valence-electron chi connectivity index (χ0n) is 13.4. The molecule has 1 aromatic heterocycles. The average molecular weight is 399 g/mol. The van der Waals surface area contributed by atoms with Gasteiger partial charge in [-0.3, -0.25) is 9.48 Å². The number of aryl methyl sites for hydroxylation is 1. The molecule has 4 nitrogen and oxygen atoms in total. The predicted molar refractivity (Wildman–Crippen MR) is 96.2 cm³/mol. The summed E-state index contributed by atoms with van der Waals surface area (Å²) in [6.07, 6.45) is -2.49. The Hall–Kier alpha value is -2.18. The number of benzene rings is 2. The van der Waals surface area contributed by atoms with Gasteiger partial charge < -0.3 is 5.11 Å². The van der Waals surface area contributed by atoms with Gasteiger partial charge >= 0.3 is 5.97 Å². The summed E-state index contributed by atoms with van der Waals surface area (Å²) in [4.78, 5) is 10.9. The van der Waals surface area contributed by atoms with Gasteiger partial charge in [0.25, 0.3) is 6.43 Å². The van der Waals surface area contributed by atoms with Crippen LogP contribution in [0, 0.1) is 0 Å². The molecule has 1 N–H and O–H groups in total. The first kappa shape index (κ1) is 18.6. The van der Waals surface area contributed by atoms with Crippen LogP contribution in [0.25, 0.3) is 10.9 Å². The van der Waals surface area contributed by atoms with Gasteiger partial charge in [-0.2, -0.15) is 5.10 Å². The first-order valence-corrected chi connectivity index (χ1v) is 8.54. The van der Waals surface area contributed by atoms with Gasteiger partial charge in [0.05, 0.1) is 24.2 Å². The Morgan fingerprint density at radius 1 is 1.19 bits per heavy atom. The third-order valence-corrected chi connectivity index (χ3v) is 4.60. The normalized spacial score (nSPS) is 11.4. The molecule has 0 aliphatic carbocycles. The monoisotopic (exact) mass is 398 g/mol. The molecule has 0 aliphatic heterocycles. The van der Waals surface area contributed by atoms with Gasteiger partial charge in [0.2, 0.25) is 0 Å². The minimum Gasteiger partial charge on any atom is -0.481 e. The molecule has 3 rings (SSSR count). The zero-order chi connectivity index (χ0) is 18.8. The van der Waals surface area contributed by atoms with Crippen LogP contribution in [0.15, 0.2) is 36.4 Å². The fourth-order valence-electron chi connectivity index (χ4n) is 2.74.